The van der Waals surface area contributed by atoms with E-state index in [2.05, 4.69) is 4.98 Å². The molecule has 1 fully saturated rings. The van der Waals surface area contributed by atoms with E-state index in [1.807, 2.05) is 0 Å². The summed E-state index contributed by atoms with van der Waals surface area (Å²) in [7, 11) is 1.42. The summed E-state index contributed by atoms with van der Waals surface area (Å²) in [6, 6.07) is 0. The summed E-state index contributed by atoms with van der Waals surface area (Å²) in [6.07, 6.45) is -0.484. The van der Waals surface area contributed by atoms with Crippen molar-refractivity contribution in [3.63, 3.8) is 0 Å². The molecule has 118 valence electrons. The molecule has 0 bridgehead atoms. The van der Waals surface area contributed by atoms with Crippen LogP contribution in [0.25, 0.3) is 0 Å². The maximum absolute atomic E-state index is 12.9. The highest BCUT2D eigenvalue weighted by molar-refractivity contribution is 7.13. The van der Waals surface area contributed by atoms with Crippen LogP contribution in [0.2, 0.25) is 0 Å². The molecule has 1 aliphatic carbocycles. The zero-order valence-corrected chi connectivity index (χ0v) is 12.3. The zero-order valence-electron chi connectivity index (χ0n) is 11.4. The fourth-order valence-corrected chi connectivity index (χ4v) is 3.82. The molecular formula is C13H16F3NO3S. The maximum Gasteiger partial charge on any atom is 0.435 e. The molecule has 8 heteroatoms. The number of aromatic carboxylic acids is 1. The van der Waals surface area contributed by atoms with Gasteiger partial charge < -0.3 is 9.84 Å². The molecule has 0 amide bonds. The highest BCUT2D eigenvalue weighted by Gasteiger charge is 2.41. The summed E-state index contributed by atoms with van der Waals surface area (Å²) in [6.45, 7) is 0. The Morgan fingerprint density at radius 1 is 1.38 bits per heavy atom. The average Bonchev–Trinajstić information content (AvgIpc) is 2.86. The molecule has 1 saturated carbocycles. The third-order valence-electron chi connectivity index (χ3n) is 3.68. The quantitative estimate of drug-likeness (QED) is 0.905. The van der Waals surface area contributed by atoms with E-state index in [0.29, 0.717) is 11.3 Å². The van der Waals surface area contributed by atoms with Crippen molar-refractivity contribution in [2.45, 2.75) is 44.4 Å². The van der Waals surface area contributed by atoms with Crippen molar-refractivity contribution in [2.75, 3.05) is 7.11 Å². The molecule has 21 heavy (non-hydrogen) atoms. The lowest BCUT2D eigenvalue weighted by Crippen LogP contribution is -2.18. The second-order valence-electron chi connectivity index (χ2n) is 5.09. The van der Waals surface area contributed by atoms with Crippen LogP contribution in [0.4, 0.5) is 13.2 Å². The van der Waals surface area contributed by atoms with Crippen LogP contribution in [0.3, 0.4) is 0 Å². The van der Waals surface area contributed by atoms with Gasteiger partial charge in [-0.1, -0.05) is 19.3 Å². The van der Waals surface area contributed by atoms with Crippen LogP contribution in [0.5, 0.6) is 0 Å². The average molecular weight is 323 g/mol. The molecular weight excluding hydrogens is 307 g/mol. The Morgan fingerprint density at radius 3 is 2.43 bits per heavy atom. The molecule has 4 nitrogen and oxygen atoms in total. The summed E-state index contributed by atoms with van der Waals surface area (Å²) in [5.41, 5.74) is -1.33. The molecule has 0 saturated heterocycles. The number of carboxylic acids is 1. The predicted molar refractivity (Wildman–Crippen MR) is 70.4 cm³/mol. The molecule has 2 rings (SSSR count). The molecule has 1 aromatic rings. The van der Waals surface area contributed by atoms with Crippen LogP contribution in [-0.4, -0.2) is 23.2 Å². The van der Waals surface area contributed by atoms with Gasteiger partial charge in [-0.05, 0) is 18.8 Å². The molecule has 0 aliphatic heterocycles. The summed E-state index contributed by atoms with van der Waals surface area (Å²) >= 11 is 0.565. The number of ether oxygens (including phenoxy) is 1. The van der Waals surface area contributed by atoms with Gasteiger partial charge in [0.2, 0.25) is 0 Å². The van der Waals surface area contributed by atoms with Gasteiger partial charge in [0.25, 0.3) is 0 Å². The molecule has 0 spiro atoms. The normalized spacial score (nSPS) is 18.7. The van der Waals surface area contributed by atoms with E-state index in [-0.39, 0.29) is 10.9 Å². The monoisotopic (exact) mass is 323 g/mol. The van der Waals surface area contributed by atoms with Gasteiger partial charge in [-0.25, -0.2) is 9.78 Å². The van der Waals surface area contributed by atoms with E-state index in [4.69, 9.17) is 9.84 Å². The second-order valence-corrected chi connectivity index (χ2v) is 6.12. The van der Waals surface area contributed by atoms with Crippen molar-refractivity contribution < 1.29 is 27.8 Å². The molecule has 0 radical (unpaired) electrons. The molecule has 1 atom stereocenters. The van der Waals surface area contributed by atoms with Crippen LogP contribution in [0.15, 0.2) is 0 Å². The zero-order chi connectivity index (χ0) is 15.6. The minimum absolute atomic E-state index is 0.0950. The number of carbonyl (C=O) groups is 1. The number of halogens is 3. The van der Waals surface area contributed by atoms with E-state index in [1.54, 1.807) is 0 Å². The third-order valence-corrected chi connectivity index (χ3v) is 4.79. The van der Waals surface area contributed by atoms with Crippen LogP contribution in [0.1, 0.15) is 58.6 Å². The fraction of sp³-hybridized carbons (Fsp3) is 0.692. The highest BCUT2D eigenvalue weighted by atomic mass is 32.1. The molecule has 1 heterocycles. The molecule has 1 aliphatic rings. The molecule has 1 N–H and O–H groups in total. The van der Waals surface area contributed by atoms with Crippen molar-refractivity contribution in [2.24, 2.45) is 5.92 Å². The van der Waals surface area contributed by atoms with Crippen LogP contribution >= 0.6 is 11.3 Å². The minimum atomic E-state index is -4.77. The van der Waals surface area contributed by atoms with Crippen LogP contribution in [-0.2, 0) is 10.9 Å². The van der Waals surface area contributed by atoms with Gasteiger partial charge in [0.05, 0.1) is 0 Å². The third kappa shape index (κ3) is 3.55. The number of aromatic nitrogens is 1. The number of methoxy groups -OCH3 is 1. The number of thiazole rings is 1. The Bertz CT molecular complexity index is 509. The second kappa shape index (κ2) is 6.31. The van der Waals surface area contributed by atoms with E-state index < -0.39 is 28.8 Å². The molecule has 1 unspecified atom stereocenters. The van der Waals surface area contributed by atoms with E-state index in [0.717, 1.165) is 32.1 Å². The van der Waals surface area contributed by atoms with Gasteiger partial charge in [-0.2, -0.15) is 13.2 Å². The maximum atomic E-state index is 12.9. The first-order valence-electron chi connectivity index (χ1n) is 6.68. The van der Waals surface area contributed by atoms with Crippen molar-refractivity contribution in [3.05, 3.63) is 15.6 Å². The van der Waals surface area contributed by atoms with Crippen molar-refractivity contribution in [1.82, 2.24) is 4.98 Å². The highest BCUT2D eigenvalue weighted by Crippen LogP contribution is 2.41. The van der Waals surface area contributed by atoms with Gasteiger partial charge in [0.1, 0.15) is 16.0 Å². The number of hydrogen-bond acceptors (Lipinski definition) is 4. The number of nitrogens with zero attached hydrogens (tertiary/aromatic N) is 1. The smallest absolute Gasteiger partial charge is 0.435 e. The van der Waals surface area contributed by atoms with Gasteiger partial charge >= 0.3 is 12.1 Å². The Hall–Kier alpha value is -1.15. The van der Waals surface area contributed by atoms with Gasteiger partial charge in [-0.15, -0.1) is 11.3 Å². The number of carboxylic acid groups (broad SMARTS) is 1. The first kappa shape index (κ1) is 16.2. The SMILES string of the molecule is COC(c1nc(C(F)(F)F)c(C(=O)O)s1)C1CCCCC1. The number of alkyl halides is 3. The summed E-state index contributed by atoms with van der Waals surface area (Å²) in [4.78, 5) is 13.8. The fourth-order valence-electron chi connectivity index (χ4n) is 2.73. The number of hydrogen-bond donors (Lipinski definition) is 1. The van der Waals surface area contributed by atoms with Crippen molar-refractivity contribution >= 4 is 17.3 Å². The molecule has 1 aromatic heterocycles. The topological polar surface area (TPSA) is 59.4 Å². The van der Waals surface area contributed by atoms with Crippen molar-refractivity contribution in [1.29, 1.82) is 0 Å². The van der Waals surface area contributed by atoms with E-state index in [9.17, 15) is 18.0 Å². The largest absolute Gasteiger partial charge is 0.477 e. The summed E-state index contributed by atoms with van der Waals surface area (Å²) in [5.74, 6) is -1.51. The van der Waals surface area contributed by atoms with E-state index in [1.165, 1.54) is 7.11 Å². The van der Waals surface area contributed by atoms with Gasteiger partial charge in [0.15, 0.2) is 5.69 Å². The van der Waals surface area contributed by atoms with E-state index >= 15 is 0 Å². The van der Waals surface area contributed by atoms with Crippen LogP contribution < -0.4 is 0 Å². The molecule has 0 aromatic carbocycles. The predicted octanol–water partition coefficient (Wildman–Crippen LogP) is 4.13. The first-order chi connectivity index (χ1) is 9.84. The minimum Gasteiger partial charge on any atom is -0.477 e. The Balaban J connectivity index is 2.35. The standard InChI is InChI=1S/C13H16F3NO3S/c1-20-8(7-5-3-2-4-6-7)11-17-10(13(14,15)16)9(21-11)12(18)19/h7-8H,2-6H2,1H3,(H,18,19). The lowest BCUT2D eigenvalue weighted by Gasteiger charge is -2.27. The Kier molecular flexibility index (Phi) is 4.88. The first-order valence-corrected chi connectivity index (χ1v) is 7.50. The lowest BCUT2D eigenvalue weighted by atomic mass is 9.85. The van der Waals surface area contributed by atoms with Gasteiger partial charge in [0, 0.05) is 7.11 Å². The Morgan fingerprint density at radius 2 is 2.00 bits per heavy atom. The lowest BCUT2D eigenvalue weighted by molar-refractivity contribution is -0.141. The van der Waals surface area contributed by atoms with Crippen LogP contribution in [0, 0.1) is 5.92 Å². The van der Waals surface area contributed by atoms with Gasteiger partial charge in [-0.3, -0.25) is 0 Å². The van der Waals surface area contributed by atoms with Crippen molar-refractivity contribution in [3.8, 4) is 0 Å². The summed E-state index contributed by atoms with van der Waals surface area (Å²) < 4.78 is 43.9. The number of rotatable bonds is 4. The Labute approximate surface area is 124 Å². The summed E-state index contributed by atoms with van der Waals surface area (Å²) in [5, 5.41) is 9.04.